The number of rotatable bonds is 8. The smallest absolute Gasteiger partial charge is 0.341 e. The third-order valence-corrected chi connectivity index (χ3v) is 8.11. The number of nitrogens with zero attached hydrogens (tertiary/aromatic N) is 2. The van der Waals surface area contributed by atoms with Crippen LogP contribution in [0.15, 0.2) is 48.5 Å². The van der Waals surface area contributed by atoms with Gasteiger partial charge in [-0.3, -0.25) is 14.4 Å². The molecule has 3 amide bonds. The monoisotopic (exact) mass is 610 g/mol. The van der Waals surface area contributed by atoms with Crippen LogP contribution in [-0.2, 0) is 30.4 Å². The van der Waals surface area contributed by atoms with Crippen LogP contribution in [0.3, 0.4) is 0 Å². The molecule has 228 valence electrons. The lowest BCUT2D eigenvalue weighted by atomic mass is 9.85. The Bertz CT molecular complexity index is 1470. The van der Waals surface area contributed by atoms with Gasteiger partial charge in [0.25, 0.3) is 0 Å². The van der Waals surface area contributed by atoms with Gasteiger partial charge in [-0.05, 0) is 71.9 Å². The lowest BCUT2D eigenvalue weighted by molar-refractivity contribution is -0.155. The maximum absolute atomic E-state index is 13.8. The first-order valence-electron chi connectivity index (χ1n) is 13.8. The minimum atomic E-state index is -2.15. The molecule has 0 unspecified atom stereocenters. The Morgan fingerprint density at radius 2 is 1.74 bits per heavy atom. The van der Waals surface area contributed by atoms with E-state index in [4.69, 9.17) is 11.6 Å². The van der Waals surface area contributed by atoms with Crippen molar-refractivity contribution in [3.05, 3.63) is 64.7 Å². The average Bonchev–Trinajstić information content (AvgIpc) is 3.59. The lowest BCUT2D eigenvalue weighted by Gasteiger charge is -2.36. The van der Waals surface area contributed by atoms with Gasteiger partial charge in [0, 0.05) is 42.5 Å². The minimum Gasteiger partial charge on any atom is -0.479 e. The van der Waals surface area contributed by atoms with E-state index in [0.717, 1.165) is 0 Å². The van der Waals surface area contributed by atoms with Crippen LogP contribution in [0.4, 0.5) is 11.4 Å². The molecular formula is C31H35ClN4O7. The number of anilines is 2. The van der Waals surface area contributed by atoms with Crippen molar-refractivity contribution >= 4 is 58.7 Å². The summed E-state index contributed by atoms with van der Waals surface area (Å²) in [5, 5.41) is 24.9. The highest BCUT2D eigenvalue weighted by Gasteiger charge is 2.51. The maximum Gasteiger partial charge on any atom is 0.341 e. The molecule has 43 heavy (non-hydrogen) atoms. The predicted octanol–water partition coefficient (Wildman–Crippen LogP) is 3.41. The molecule has 2 aliphatic rings. The second kappa shape index (κ2) is 12.1. The Morgan fingerprint density at radius 1 is 1.09 bits per heavy atom. The first-order valence-corrected chi connectivity index (χ1v) is 14.2. The standard InChI is InChI=1S/C31H35ClN4O7/c1-30(2,3)25(27(39)36-15-5-6-23(36)26(38)35(4)21-11-9-20(32)10-12-21)33-24(37)14-8-18-7-13-22-19(16-18)17-31(34-22,28(40)41)29(42)43/h7-14,16,23,25,34H,5-6,15,17H2,1-4H3,(H,33,37)(H,40,41)(H,42,43)/b14-8+/t23-,25+/m0/s1. The van der Waals surface area contributed by atoms with E-state index in [-0.39, 0.29) is 18.2 Å². The van der Waals surface area contributed by atoms with E-state index in [0.29, 0.717) is 46.9 Å². The molecule has 1 fully saturated rings. The summed E-state index contributed by atoms with van der Waals surface area (Å²) in [5.41, 5.74) is -0.741. The van der Waals surface area contributed by atoms with E-state index in [1.807, 2.05) is 20.8 Å². The number of carboxylic acids is 2. The van der Waals surface area contributed by atoms with E-state index >= 15 is 0 Å². The number of likely N-dealkylation sites (tertiary alicyclic amines) is 1. The number of amides is 3. The maximum atomic E-state index is 13.8. The molecular weight excluding hydrogens is 576 g/mol. The molecule has 4 rings (SSSR count). The summed E-state index contributed by atoms with van der Waals surface area (Å²) in [6.45, 7) is 5.88. The van der Waals surface area contributed by atoms with Gasteiger partial charge in [-0.25, -0.2) is 9.59 Å². The lowest BCUT2D eigenvalue weighted by Crippen LogP contribution is -2.57. The second-order valence-electron chi connectivity index (χ2n) is 11.9. The summed E-state index contributed by atoms with van der Waals surface area (Å²) in [4.78, 5) is 66.6. The van der Waals surface area contributed by atoms with Crippen molar-refractivity contribution in [2.24, 2.45) is 5.41 Å². The molecule has 2 aliphatic heterocycles. The van der Waals surface area contributed by atoms with Crippen LogP contribution < -0.4 is 15.5 Å². The summed E-state index contributed by atoms with van der Waals surface area (Å²) in [7, 11) is 1.65. The third kappa shape index (κ3) is 6.51. The topological polar surface area (TPSA) is 156 Å². The fourth-order valence-corrected chi connectivity index (χ4v) is 5.50. The van der Waals surface area contributed by atoms with Crippen molar-refractivity contribution in [3.8, 4) is 0 Å². The average molecular weight is 611 g/mol. The largest absolute Gasteiger partial charge is 0.479 e. The summed E-state index contributed by atoms with van der Waals surface area (Å²) < 4.78 is 0. The van der Waals surface area contributed by atoms with Crippen LogP contribution in [0.5, 0.6) is 0 Å². The van der Waals surface area contributed by atoms with E-state index in [9.17, 15) is 34.2 Å². The Morgan fingerprint density at radius 3 is 2.35 bits per heavy atom. The zero-order valence-corrected chi connectivity index (χ0v) is 25.1. The number of carbonyl (C=O) groups is 5. The Kier molecular flexibility index (Phi) is 8.87. The number of carboxylic acid groups (broad SMARTS) is 2. The highest BCUT2D eigenvalue weighted by Crippen LogP contribution is 2.34. The number of aliphatic carboxylic acids is 2. The molecule has 0 saturated carbocycles. The Labute approximate surface area is 254 Å². The number of benzene rings is 2. The number of hydrogen-bond donors (Lipinski definition) is 4. The third-order valence-electron chi connectivity index (χ3n) is 7.86. The molecule has 12 heteroatoms. The van der Waals surface area contributed by atoms with E-state index < -0.39 is 40.9 Å². The normalized spacial score (nSPS) is 18.1. The SMILES string of the molecule is CN(C(=O)[C@@H]1CCCN1C(=O)[C@@H](NC(=O)/C=C/c1ccc2c(c1)CC(C(=O)O)(C(=O)O)N2)C(C)(C)C)c1ccc(Cl)cc1. The van der Waals surface area contributed by atoms with Crippen LogP contribution in [0.1, 0.15) is 44.7 Å². The van der Waals surface area contributed by atoms with Crippen molar-refractivity contribution in [2.75, 3.05) is 23.8 Å². The van der Waals surface area contributed by atoms with E-state index in [1.54, 1.807) is 54.4 Å². The molecule has 2 aromatic carbocycles. The zero-order chi connectivity index (χ0) is 31.7. The molecule has 2 atom stereocenters. The summed E-state index contributed by atoms with van der Waals surface area (Å²) >= 11 is 5.98. The van der Waals surface area contributed by atoms with Crippen LogP contribution in [-0.4, -0.2) is 76.0 Å². The van der Waals surface area contributed by atoms with Gasteiger partial charge in [-0.1, -0.05) is 38.4 Å². The number of halogens is 1. The number of fused-ring (bicyclic) bond motifs is 1. The van der Waals surface area contributed by atoms with Crippen molar-refractivity contribution < 1.29 is 34.2 Å². The molecule has 0 aromatic heterocycles. The van der Waals surface area contributed by atoms with Crippen LogP contribution in [0, 0.1) is 5.41 Å². The molecule has 2 aromatic rings. The molecule has 11 nitrogen and oxygen atoms in total. The first-order chi connectivity index (χ1) is 20.1. The number of carbonyl (C=O) groups excluding carboxylic acids is 3. The minimum absolute atomic E-state index is 0.229. The molecule has 0 bridgehead atoms. The summed E-state index contributed by atoms with van der Waals surface area (Å²) in [5.74, 6) is -4.10. The van der Waals surface area contributed by atoms with Gasteiger partial charge in [-0.15, -0.1) is 0 Å². The van der Waals surface area contributed by atoms with Gasteiger partial charge in [-0.2, -0.15) is 0 Å². The van der Waals surface area contributed by atoms with Gasteiger partial charge < -0.3 is 30.6 Å². The van der Waals surface area contributed by atoms with Gasteiger partial charge >= 0.3 is 11.9 Å². The van der Waals surface area contributed by atoms with Crippen molar-refractivity contribution in [1.29, 1.82) is 0 Å². The molecule has 2 heterocycles. The van der Waals surface area contributed by atoms with Gasteiger partial charge in [0.2, 0.25) is 23.3 Å². The fourth-order valence-electron chi connectivity index (χ4n) is 5.37. The van der Waals surface area contributed by atoms with E-state index in [1.165, 1.54) is 17.1 Å². The highest BCUT2D eigenvalue weighted by molar-refractivity contribution is 6.30. The molecule has 1 saturated heterocycles. The quantitative estimate of drug-likeness (QED) is 0.262. The van der Waals surface area contributed by atoms with E-state index in [2.05, 4.69) is 10.6 Å². The van der Waals surface area contributed by atoms with Gasteiger partial charge in [0.15, 0.2) is 0 Å². The molecule has 0 aliphatic carbocycles. The second-order valence-corrected chi connectivity index (χ2v) is 12.4. The summed E-state index contributed by atoms with van der Waals surface area (Å²) in [6, 6.07) is 10.1. The molecule has 4 N–H and O–H groups in total. The number of nitrogens with one attached hydrogen (secondary N) is 2. The van der Waals surface area contributed by atoms with Crippen molar-refractivity contribution in [1.82, 2.24) is 10.2 Å². The van der Waals surface area contributed by atoms with Crippen molar-refractivity contribution in [3.63, 3.8) is 0 Å². The highest BCUT2D eigenvalue weighted by atomic mass is 35.5. The summed E-state index contributed by atoms with van der Waals surface area (Å²) in [6.07, 6.45) is 3.67. The molecule has 0 spiro atoms. The van der Waals surface area contributed by atoms with Crippen LogP contribution in [0.2, 0.25) is 5.02 Å². The molecule has 0 radical (unpaired) electrons. The number of hydrogen-bond acceptors (Lipinski definition) is 6. The fraction of sp³-hybridized carbons (Fsp3) is 0.387. The number of likely N-dealkylation sites (N-methyl/N-ethyl adjacent to an activating group) is 1. The van der Waals surface area contributed by atoms with Crippen LogP contribution in [0.25, 0.3) is 6.08 Å². The Balaban J connectivity index is 1.47. The predicted molar refractivity (Wildman–Crippen MR) is 162 cm³/mol. The Hall–Kier alpha value is -4.38. The first kappa shape index (κ1) is 31.6. The van der Waals surface area contributed by atoms with Crippen LogP contribution >= 0.6 is 11.6 Å². The van der Waals surface area contributed by atoms with Gasteiger partial charge in [0.05, 0.1) is 0 Å². The van der Waals surface area contributed by atoms with Crippen molar-refractivity contribution in [2.45, 2.75) is 57.7 Å². The van der Waals surface area contributed by atoms with Gasteiger partial charge in [0.1, 0.15) is 12.1 Å². The zero-order valence-electron chi connectivity index (χ0n) is 24.4.